The molecule has 0 amide bonds. The highest BCUT2D eigenvalue weighted by Gasteiger charge is 2.28. The van der Waals surface area contributed by atoms with Crippen molar-refractivity contribution in [2.24, 2.45) is 5.41 Å². The third-order valence-corrected chi connectivity index (χ3v) is 4.42. The summed E-state index contributed by atoms with van der Waals surface area (Å²) in [5, 5.41) is 0. The van der Waals surface area contributed by atoms with Crippen molar-refractivity contribution in [2.75, 3.05) is 19.5 Å². The van der Waals surface area contributed by atoms with Gasteiger partial charge in [0.05, 0.1) is 13.7 Å². The van der Waals surface area contributed by atoms with E-state index in [1.807, 2.05) is 12.1 Å². The van der Waals surface area contributed by atoms with Crippen LogP contribution in [0.4, 0.5) is 0 Å². The minimum absolute atomic E-state index is 0.169. The molecule has 0 fully saturated rings. The molecule has 0 heterocycles. The lowest BCUT2D eigenvalue weighted by Crippen LogP contribution is -2.30. The van der Waals surface area contributed by atoms with Crippen molar-refractivity contribution in [3.05, 3.63) is 23.8 Å². The molecule has 0 aromatic heterocycles. The quantitative estimate of drug-likeness (QED) is 0.653. The van der Waals surface area contributed by atoms with Gasteiger partial charge in [-0.1, -0.05) is 32.8 Å². The van der Waals surface area contributed by atoms with E-state index in [-0.39, 0.29) is 5.41 Å². The van der Waals surface area contributed by atoms with Crippen LogP contribution in [0.15, 0.2) is 18.2 Å². The molecule has 0 saturated heterocycles. The third-order valence-electron chi connectivity index (χ3n) is 3.75. The Kier molecular flexibility index (Phi) is 7.28. The Bertz CT molecular complexity index is 398. The Hall–Kier alpha value is -0.830. The van der Waals surface area contributed by atoms with Gasteiger partial charge in [0.15, 0.2) is 11.5 Å². The summed E-state index contributed by atoms with van der Waals surface area (Å²) in [5.74, 6) is 2.51. The maximum Gasteiger partial charge on any atom is 0.161 e. The van der Waals surface area contributed by atoms with Gasteiger partial charge in [-0.3, -0.25) is 0 Å². The fraction of sp³-hybridized carbons (Fsp3) is 0.647. The normalized spacial score (nSPS) is 11.4. The van der Waals surface area contributed by atoms with Crippen molar-refractivity contribution in [3.8, 4) is 11.5 Å². The first-order valence-corrected chi connectivity index (χ1v) is 8.12. The van der Waals surface area contributed by atoms with Crippen LogP contribution in [0.5, 0.6) is 11.5 Å². The lowest BCUT2D eigenvalue weighted by molar-refractivity contribution is 0.140. The van der Waals surface area contributed by atoms with Crippen LogP contribution in [-0.4, -0.2) is 19.5 Å². The van der Waals surface area contributed by atoms with Crippen molar-refractivity contribution >= 4 is 12.6 Å². The summed E-state index contributed by atoms with van der Waals surface area (Å²) < 4.78 is 11.5. The number of thiol groups is 1. The molecule has 0 aliphatic rings. The lowest BCUT2D eigenvalue weighted by atomic mass is 9.82. The van der Waals surface area contributed by atoms with Gasteiger partial charge in [-0.25, -0.2) is 0 Å². The molecule has 0 atom stereocenters. The van der Waals surface area contributed by atoms with Gasteiger partial charge < -0.3 is 9.47 Å². The van der Waals surface area contributed by atoms with E-state index in [4.69, 9.17) is 9.47 Å². The van der Waals surface area contributed by atoms with E-state index in [1.165, 1.54) is 5.56 Å². The van der Waals surface area contributed by atoms with Crippen LogP contribution in [0.25, 0.3) is 0 Å². The molecule has 0 aliphatic heterocycles. The highest BCUT2D eigenvalue weighted by Crippen LogP contribution is 2.34. The Balaban J connectivity index is 2.81. The number of ether oxygens (including phenoxy) is 2. The van der Waals surface area contributed by atoms with Crippen LogP contribution in [0, 0.1) is 12.3 Å². The second-order valence-corrected chi connectivity index (χ2v) is 5.92. The molecule has 1 rings (SSSR count). The largest absolute Gasteiger partial charge is 0.493 e. The monoisotopic (exact) mass is 296 g/mol. The molecule has 0 unspecified atom stereocenters. The van der Waals surface area contributed by atoms with E-state index in [1.54, 1.807) is 7.11 Å². The van der Waals surface area contributed by atoms with Crippen molar-refractivity contribution < 1.29 is 9.47 Å². The fourth-order valence-corrected chi connectivity index (χ4v) is 3.07. The highest BCUT2D eigenvalue weighted by atomic mass is 32.1. The summed E-state index contributed by atoms with van der Waals surface area (Å²) >= 11 is 4.57. The van der Waals surface area contributed by atoms with Crippen LogP contribution < -0.4 is 9.47 Å². The van der Waals surface area contributed by atoms with Crippen molar-refractivity contribution in [3.63, 3.8) is 0 Å². The van der Waals surface area contributed by atoms with Gasteiger partial charge in [0.1, 0.15) is 0 Å². The van der Waals surface area contributed by atoms with Gasteiger partial charge in [0.2, 0.25) is 0 Å². The predicted molar refractivity (Wildman–Crippen MR) is 89.3 cm³/mol. The Labute approximate surface area is 129 Å². The van der Waals surface area contributed by atoms with E-state index in [9.17, 15) is 0 Å². The molecular weight excluding hydrogens is 268 g/mol. The van der Waals surface area contributed by atoms with Gasteiger partial charge in [-0.05, 0) is 43.2 Å². The molecule has 0 bridgehead atoms. The Morgan fingerprint density at radius 3 is 2.25 bits per heavy atom. The smallest absolute Gasteiger partial charge is 0.161 e. The molecule has 1 aromatic rings. The van der Waals surface area contributed by atoms with Crippen LogP contribution in [0.2, 0.25) is 0 Å². The number of aryl methyl sites for hydroxylation is 1. The van der Waals surface area contributed by atoms with Crippen LogP contribution >= 0.6 is 12.6 Å². The molecule has 0 saturated carbocycles. The Morgan fingerprint density at radius 1 is 1.10 bits per heavy atom. The number of hydrogen-bond acceptors (Lipinski definition) is 3. The van der Waals surface area contributed by atoms with Gasteiger partial charge in [0, 0.05) is 5.41 Å². The number of hydrogen-bond donors (Lipinski definition) is 1. The number of rotatable bonds is 9. The average Bonchev–Trinajstić information content (AvgIpc) is 2.46. The minimum Gasteiger partial charge on any atom is -0.493 e. The maximum atomic E-state index is 6.07. The zero-order chi connectivity index (χ0) is 15.0. The SMILES string of the molecule is CCCC(CS)(CCC)COc1ccc(C)cc1OC. The molecule has 114 valence electrons. The summed E-state index contributed by atoms with van der Waals surface area (Å²) in [6.45, 7) is 7.21. The second-order valence-electron chi connectivity index (χ2n) is 5.60. The maximum absolute atomic E-state index is 6.07. The predicted octanol–water partition coefficient (Wildman–Crippen LogP) is 4.90. The van der Waals surface area contributed by atoms with Gasteiger partial charge in [-0.15, -0.1) is 0 Å². The van der Waals surface area contributed by atoms with Gasteiger partial charge in [0.25, 0.3) is 0 Å². The molecule has 0 aliphatic carbocycles. The first-order valence-electron chi connectivity index (χ1n) is 7.49. The highest BCUT2D eigenvalue weighted by molar-refractivity contribution is 7.80. The fourth-order valence-electron chi connectivity index (χ4n) is 2.66. The molecule has 3 heteroatoms. The van der Waals surface area contributed by atoms with Gasteiger partial charge in [-0.2, -0.15) is 12.6 Å². The molecule has 2 nitrogen and oxygen atoms in total. The second kappa shape index (κ2) is 8.46. The summed E-state index contributed by atoms with van der Waals surface area (Å²) in [6, 6.07) is 6.06. The zero-order valence-corrected chi connectivity index (χ0v) is 14.1. The number of benzene rings is 1. The lowest BCUT2D eigenvalue weighted by Gasteiger charge is -2.32. The molecule has 1 aromatic carbocycles. The topological polar surface area (TPSA) is 18.5 Å². The summed E-state index contributed by atoms with van der Waals surface area (Å²) in [6.07, 6.45) is 4.63. The molecular formula is C17H28O2S. The zero-order valence-electron chi connectivity index (χ0n) is 13.2. The van der Waals surface area contributed by atoms with Crippen molar-refractivity contribution in [1.82, 2.24) is 0 Å². The van der Waals surface area contributed by atoms with E-state index in [0.717, 1.165) is 42.9 Å². The number of methoxy groups -OCH3 is 1. The minimum atomic E-state index is 0.169. The standard InChI is InChI=1S/C17H28O2S/c1-5-9-17(13-20,10-6-2)12-19-15-8-7-14(3)11-16(15)18-4/h7-8,11,20H,5-6,9-10,12-13H2,1-4H3. The summed E-state index contributed by atoms with van der Waals surface area (Å²) in [4.78, 5) is 0. The first-order chi connectivity index (χ1) is 9.60. The van der Waals surface area contributed by atoms with Crippen molar-refractivity contribution in [2.45, 2.75) is 46.5 Å². The van der Waals surface area contributed by atoms with Crippen LogP contribution in [0.1, 0.15) is 45.1 Å². The molecule has 20 heavy (non-hydrogen) atoms. The first kappa shape index (κ1) is 17.2. The van der Waals surface area contributed by atoms with E-state index in [2.05, 4.69) is 39.5 Å². The van der Waals surface area contributed by atoms with Crippen LogP contribution in [-0.2, 0) is 0 Å². The van der Waals surface area contributed by atoms with E-state index in [0.29, 0.717) is 6.61 Å². The average molecular weight is 296 g/mol. The summed E-state index contributed by atoms with van der Waals surface area (Å²) in [5.41, 5.74) is 1.35. The Morgan fingerprint density at radius 2 is 1.75 bits per heavy atom. The molecule has 0 radical (unpaired) electrons. The van der Waals surface area contributed by atoms with Crippen molar-refractivity contribution in [1.29, 1.82) is 0 Å². The van der Waals surface area contributed by atoms with Gasteiger partial charge >= 0.3 is 0 Å². The van der Waals surface area contributed by atoms with E-state index < -0.39 is 0 Å². The third kappa shape index (κ3) is 4.62. The molecule has 0 N–H and O–H groups in total. The van der Waals surface area contributed by atoms with Crippen LogP contribution in [0.3, 0.4) is 0 Å². The van der Waals surface area contributed by atoms with E-state index >= 15 is 0 Å². The summed E-state index contributed by atoms with van der Waals surface area (Å²) in [7, 11) is 1.69. The molecule has 0 spiro atoms.